The number of halogens is 1. The van der Waals surface area contributed by atoms with Crippen molar-refractivity contribution in [2.45, 2.75) is 36.6 Å². The summed E-state index contributed by atoms with van der Waals surface area (Å²) < 4.78 is 27.5. The number of nitrogens with zero attached hydrogens (tertiary/aromatic N) is 1. The molecule has 7 nitrogen and oxygen atoms in total. The molecular formula is C13H18ClN3O4S. The Labute approximate surface area is 134 Å². The lowest BCUT2D eigenvalue weighted by molar-refractivity contribution is -0.387. The second kappa shape index (κ2) is 6.91. The zero-order chi connectivity index (χ0) is 16.3. The molecule has 0 spiro atoms. The normalized spacial score (nSPS) is 17.5. The highest BCUT2D eigenvalue weighted by molar-refractivity contribution is 7.89. The maximum atomic E-state index is 12.5. The van der Waals surface area contributed by atoms with Crippen LogP contribution < -0.4 is 10.5 Å². The standard InChI is InChI=1S/C13H18ClN3O4S/c14-10-5-6-12(17(18)19)13(7-10)22(20,21)16-11(8-15)9-3-1-2-4-9/h5-7,9,11,16H,1-4,8,15H2. The molecule has 0 bridgehead atoms. The number of sulfonamides is 1. The van der Waals surface area contributed by atoms with E-state index in [2.05, 4.69) is 4.72 Å². The van der Waals surface area contributed by atoms with Crippen molar-refractivity contribution in [2.75, 3.05) is 6.54 Å². The summed E-state index contributed by atoms with van der Waals surface area (Å²) >= 11 is 5.79. The maximum Gasteiger partial charge on any atom is 0.289 e. The summed E-state index contributed by atoms with van der Waals surface area (Å²) in [5.74, 6) is 0.165. The van der Waals surface area contributed by atoms with Crippen LogP contribution in [0.3, 0.4) is 0 Å². The van der Waals surface area contributed by atoms with Gasteiger partial charge < -0.3 is 5.73 Å². The van der Waals surface area contributed by atoms with Gasteiger partial charge in [0.25, 0.3) is 5.69 Å². The SMILES string of the molecule is NCC(NS(=O)(=O)c1cc(Cl)ccc1[N+](=O)[O-])C1CCCC1. The largest absolute Gasteiger partial charge is 0.329 e. The summed E-state index contributed by atoms with van der Waals surface area (Å²) in [4.78, 5) is 9.87. The molecule has 0 amide bonds. The minimum atomic E-state index is -4.06. The van der Waals surface area contributed by atoms with Gasteiger partial charge in [0, 0.05) is 23.7 Å². The number of nitrogens with one attached hydrogen (secondary N) is 1. The fraction of sp³-hybridized carbons (Fsp3) is 0.538. The van der Waals surface area contributed by atoms with Gasteiger partial charge in [-0.05, 0) is 30.9 Å². The Balaban J connectivity index is 2.33. The van der Waals surface area contributed by atoms with Crippen molar-refractivity contribution in [1.29, 1.82) is 0 Å². The van der Waals surface area contributed by atoms with Crippen molar-refractivity contribution in [1.82, 2.24) is 4.72 Å². The van der Waals surface area contributed by atoms with Crippen LogP contribution in [0.1, 0.15) is 25.7 Å². The van der Waals surface area contributed by atoms with Gasteiger partial charge in [-0.3, -0.25) is 10.1 Å². The van der Waals surface area contributed by atoms with Crippen LogP contribution in [-0.4, -0.2) is 25.9 Å². The van der Waals surface area contributed by atoms with Gasteiger partial charge in [0.15, 0.2) is 4.90 Å². The van der Waals surface area contributed by atoms with Gasteiger partial charge in [0.1, 0.15) is 0 Å². The first kappa shape index (κ1) is 17.1. The minimum Gasteiger partial charge on any atom is -0.329 e. The average molecular weight is 348 g/mol. The van der Waals surface area contributed by atoms with Gasteiger partial charge >= 0.3 is 0 Å². The molecule has 2 rings (SSSR count). The van der Waals surface area contributed by atoms with E-state index in [0.29, 0.717) is 0 Å². The second-order valence-corrected chi connectivity index (χ2v) is 7.50. The summed E-state index contributed by atoms with van der Waals surface area (Å²) in [7, 11) is -4.06. The molecule has 3 N–H and O–H groups in total. The molecule has 1 aromatic carbocycles. The van der Waals surface area contributed by atoms with E-state index in [1.54, 1.807) is 0 Å². The van der Waals surface area contributed by atoms with Gasteiger partial charge in [0.2, 0.25) is 10.0 Å². The third-order valence-electron chi connectivity index (χ3n) is 3.94. The molecule has 1 aliphatic rings. The van der Waals surface area contributed by atoms with Crippen LogP contribution in [0.2, 0.25) is 5.02 Å². The molecule has 0 radical (unpaired) electrons. The van der Waals surface area contributed by atoms with E-state index in [-0.39, 0.29) is 17.5 Å². The van der Waals surface area contributed by atoms with Crippen LogP contribution in [-0.2, 0) is 10.0 Å². The predicted octanol–water partition coefficient (Wildman–Crippen LogP) is 2.04. The van der Waals surface area contributed by atoms with Crippen molar-refractivity contribution < 1.29 is 13.3 Å². The third kappa shape index (κ3) is 3.75. The quantitative estimate of drug-likeness (QED) is 0.603. The van der Waals surface area contributed by atoms with Gasteiger partial charge in [-0.15, -0.1) is 0 Å². The third-order valence-corrected chi connectivity index (χ3v) is 5.69. The second-order valence-electron chi connectivity index (χ2n) is 5.38. The summed E-state index contributed by atoms with van der Waals surface area (Å²) in [5.41, 5.74) is 5.18. The van der Waals surface area contributed by atoms with Gasteiger partial charge in [-0.1, -0.05) is 24.4 Å². The smallest absolute Gasteiger partial charge is 0.289 e. The molecule has 1 aliphatic carbocycles. The van der Waals surface area contributed by atoms with Gasteiger partial charge in [-0.2, -0.15) is 0 Å². The highest BCUT2D eigenvalue weighted by Crippen LogP contribution is 2.30. The number of benzene rings is 1. The molecule has 1 aromatic rings. The van der Waals surface area contributed by atoms with E-state index >= 15 is 0 Å². The Bertz CT molecular complexity index is 659. The Morgan fingerprint density at radius 2 is 2.05 bits per heavy atom. The lowest BCUT2D eigenvalue weighted by atomic mass is 9.99. The number of hydrogen-bond acceptors (Lipinski definition) is 5. The highest BCUT2D eigenvalue weighted by Gasteiger charge is 2.32. The lowest BCUT2D eigenvalue weighted by Gasteiger charge is -2.22. The fourth-order valence-corrected chi connectivity index (χ4v) is 4.56. The van der Waals surface area contributed by atoms with Gasteiger partial charge in [0.05, 0.1) is 4.92 Å². The molecule has 1 saturated carbocycles. The first-order chi connectivity index (χ1) is 10.3. The minimum absolute atomic E-state index is 0.121. The van der Waals surface area contributed by atoms with Crippen molar-refractivity contribution in [3.63, 3.8) is 0 Å². The van der Waals surface area contributed by atoms with E-state index < -0.39 is 31.6 Å². The van der Waals surface area contributed by atoms with Crippen molar-refractivity contribution >= 4 is 27.3 Å². The monoisotopic (exact) mass is 347 g/mol. The van der Waals surface area contributed by atoms with E-state index in [0.717, 1.165) is 37.8 Å². The van der Waals surface area contributed by atoms with Crippen LogP contribution in [0.5, 0.6) is 0 Å². The molecule has 0 saturated heterocycles. The number of nitrogens with two attached hydrogens (primary N) is 1. The van der Waals surface area contributed by atoms with Crippen molar-refractivity contribution in [3.05, 3.63) is 33.3 Å². The van der Waals surface area contributed by atoms with E-state index in [4.69, 9.17) is 17.3 Å². The summed E-state index contributed by atoms with van der Waals surface area (Å²) in [5, 5.41) is 11.2. The first-order valence-corrected chi connectivity index (χ1v) is 8.87. The van der Waals surface area contributed by atoms with Gasteiger partial charge in [-0.25, -0.2) is 13.1 Å². The topological polar surface area (TPSA) is 115 Å². The number of rotatable bonds is 6. The van der Waals surface area contributed by atoms with Crippen molar-refractivity contribution in [3.8, 4) is 0 Å². The first-order valence-electron chi connectivity index (χ1n) is 7.01. The zero-order valence-corrected chi connectivity index (χ0v) is 13.4. The highest BCUT2D eigenvalue weighted by atomic mass is 35.5. The lowest BCUT2D eigenvalue weighted by Crippen LogP contribution is -2.44. The van der Waals surface area contributed by atoms with E-state index in [1.165, 1.54) is 6.07 Å². The summed E-state index contributed by atoms with van der Waals surface area (Å²) in [6.45, 7) is 0.151. The van der Waals surface area contributed by atoms with Crippen molar-refractivity contribution in [2.24, 2.45) is 11.7 Å². The van der Waals surface area contributed by atoms with Crippen LogP contribution >= 0.6 is 11.6 Å². The molecule has 0 aliphatic heterocycles. The molecule has 22 heavy (non-hydrogen) atoms. The number of hydrogen-bond donors (Lipinski definition) is 2. The number of nitro benzene ring substituents is 1. The molecule has 1 atom stereocenters. The molecule has 122 valence electrons. The maximum absolute atomic E-state index is 12.5. The molecule has 0 heterocycles. The molecular weight excluding hydrogens is 330 g/mol. The Kier molecular flexibility index (Phi) is 5.38. The van der Waals surface area contributed by atoms with E-state index in [1.807, 2.05) is 0 Å². The molecule has 1 fully saturated rings. The summed E-state index contributed by atoms with van der Waals surface area (Å²) in [6.07, 6.45) is 3.89. The molecule has 1 unspecified atom stereocenters. The Hall–Kier alpha value is -1.22. The Morgan fingerprint density at radius 1 is 1.41 bits per heavy atom. The van der Waals surface area contributed by atoms with Crippen LogP contribution in [0.25, 0.3) is 0 Å². The van der Waals surface area contributed by atoms with Crippen LogP contribution in [0, 0.1) is 16.0 Å². The predicted molar refractivity (Wildman–Crippen MR) is 83.2 cm³/mol. The zero-order valence-electron chi connectivity index (χ0n) is 11.9. The fourth-order valence-electron chi connectivity index (χ4n) is 2.81. The van der Waals surface area contributed by atoms with E-state index in [9.17, 15) is 18.5 Å². The van der Waals surface area contributed by atoms with Crippen LogP contribution in [0.4, 0.5) is 5.69 Å². The molecule has 9 heteroatoms. The summed E-state index contributed by atoms with van der Waals surface area (Å²) in [6, 6.07) is 3.04. The Morgan fingerprint density at radius 3 is 2.59 bits per heavy atom. The molecule has 0 aromatic heterocycles. The van der Waals surface area contributed by atoms with Crippen LogP contribution in [0.15, 0.2) is 23.1 Å². The average Bonchev–Trinajstić information content (AvgIpc) is 2.98. The number of nitro groups is 1.